The Hall–Kier alpha value is -8.93. The number of rotatable bonds is 26. The molecule has 2 aliphatic heterocycles. The molecule has 0 radical (unpaired) electrons. The van der Waals surface area contributed by atoms with Crippen LogP contribution in [0.25, 0.3) is 5.69 Å². The van der Waals surface area contributed by atoms with Gasteiger partial charge in [-0.25, -0.2) is 19.4 Å². The maximum absolute atomic E-state index is 14.6. The van der Waals surface area contributed by atoms with Crippen LogP contribution in [0.15, 0.2) is 97.5 Å². The first kappa shape index (κ1) is 61.1. The van der Waals surface area contributed by atoms with Gasteiger partial charge in [-0.3, -0.25) is 28.8 Å². The molecular formula is C61H72N10O13. The largest absolute Gasteiger partial charge is 0.494 e. The zero-order valence-corrected chi connectivity index (χ0v) is 48.2. The van der Waals surface area contributed by atoms with Crippen LogP contribution in [0.5, 0.6) is 17.2 Å². The molecule has 8 rings (SSSR count). The number of aromatic nitrogens is 4. The molecule has 0 bridgehead atoms. The van der Waals surface area contributed by atoms with Gasteiger partial charge in [0.1, 0.15) is 30.2 Å². The van der Waals surface area contributed by atoms with Crippen molar-refractivity contribution >= 4 is 58.4 Å². The van der Waals surface area contributed by atoms with E-state index >= 15 is 0 Å². The Morgan fingerprint density at radius 3 is 2.25 bits per heavy atom. The molecule has 0 saturated heterocycles. The molecule has 444 valence electrons. The number of hydrogen-bond donors (Lipinski definition) is 5. The zero-order valence-electron chi connectivity index (χ0n) is 48.2. The number of amides is 5. The number of ketones is 2. The summed E-state index contributed by atoms with van der Waals surface area (Å²) in [5, 5.41) is 25.0. The third kappa shape index (κ3) is 14.8. The van der Waals surface area contributed by atoms with E-state index in [0.717, 1.165) is 21.6 Å². The summed E-state index contributed by atoms with van der Waals surface area (Å²) in [4.78, 5) is 102. The van der Waals surface area contributed by atoms with E-state index < -0.39 is 42.1 Å². The van der Waals surface area contributed by atoms with Gasteiger partial charge in [0.25, 0.3) is 5.91 Å². The lowest BCUT2D eigenvalue weighted by Crippen LogP contribution is -2.55. The summed E-state index contributed by atoms with van der Waals surface area (Å²) >= 11 is 0. The van der Waals surface area contributed by atoms with E-state index in [1.165, 1.54) is 24.1 Å². The number of aliphatic hydroxyl groups excluding tert-OH is 1. The molecule has 23 heteroatoms. The van der Waals surface area contributed by atoms with Crippen LogP contribution in [-0.4, -0.2) is 130 Å². The Morgan fingerprint density at radius 2 is 1.55 bits per heavy atom. The molecule has 4 heterocycles. The van der Waals surface area contributed by atoms with Crippen LogP contribution in [0.4, 0.5) is 21.9 Å². The number of aryl methyl sites for hydroxylation is 2. The number of fused-ring (bicyclic) bond motifs is 3. The van der Waals surface area contributed by atoms with E-state index in [-0.39, 0.29) is 117 Å². The Bertz CT molecular complexity index is 3380. The standard InChI is InChI=1S/C61H72N10O13/c1-36(2)57(66-56(75)20-23-82-24-21-62)51(73)25-37(3)58(76)65-43-17-14-39(15-18-43)34-84-61(79)71-47-31-54(53(81-7)30-45(47)59(77)69-32-42-12-9-8-11-41(42)28-49(69)60(71)78)83-22-10-13-55(74)64-44-29-48(68(5)33-44)50(72)26-40-16-19-46(52(27-40)80-6)70-35-63-38(4)67-70/h8-9,11-12,14-19,27,29-31,33,35-37,49,57,60,78H,10,13,20-26,28,32,34,62H2,1-7H3,(H,64,74)(H,65,76)(H,66,75)/t37-,49+,57+,60?/m1/s1. The van der Waals surface area contributed by atoms with Crippen LogP contribution in [0, 0.1) is 18.8 Å². The molecule has 0 spiro atoms. The Labute approximate surface area is 486 Å². The molecule has 2 aliphatic rings. The number of nitrogens with two attached hydrogens (primary N) is 1. The summed E-state index contributed by atoms with van der Waals surface area (Å²) in [5.74, 6) is -1.51. The number of aliphatic hydroxyl groups is 1. The molecule has 6 aromatic rings. The number of methoxy groups -OCH3 is 2. The smallest absolute Gasteiger partial charge is 0.416 e. The van der Waals surface area contributed by atoms with Crippen LogP contribution >= 0.6 is 0 Å². The van der Waals surface area contributed by atoms with Gasteiger partial charge < -0.3 is 59.9 Å². The summed E-state index contributed by atoms with van der Waals surface area (Å²) in [6, 6.07) is 22.4. The second-order valence-corrected chi connectivity index (χ2v) is 21.1. The van der Waals surface area contributed by atoms with E-state index in [4.69, 9.17) is 29.4 Å². The second kappa shape index (κ2) is 27.9. The number of carbonyl (C=O) groups is 7. The summed E-state index contributed by atoms with van der Waals surface area (Å²) in [6.45, 7) is 7.77. The monoisotopic (exact) mass is 1150 g/mol. The molecule has 4 aromatic carbocycles. The highest BCUT2D eigenvalue weighted by molar-refractivity contribution is 6.06. The summed E-state index contributed by atoms with van der Waals surface area (Å²) < 4.78 is 31.9. The molecular weight excluding hydrogens is 1080 g/mol. The molecule has 0 saturated carbocycles. The Morgan fingerprint density at radius 1 is 0.810 bits per heavy atom. The molecule has 23 nitrogen and oxygen atoms in total. The SMILES string of the molecule is COc1cc2c(cc1OCCCC(=O)Nc1cc(C(=O)Cc3ccc(-n4cnc(C)n4)c(OC)c3)n(C)c1)N(C(=O)OCc1ccc(NC(=O)[C@H](C)CC(=O)[C@@H](NC(=O)CCOCCN)C(C)C)cc1)C(O)[C@@H]1Cc3ccccc3CN1C2=O. The molecule has 6 N–H and O–H groups in total. The van der Waals surface area contributed by atoms with Gasteiger partial charge in [-0.1, -0.05) is 63.2 Å². The van der Waals surface area contributed by atoms with Gasteiger partial charge in [-0.2, -0.15) is 5.10 Å². The number of ether oxygens (including phenoxy) is 5. The lowest BCUT2D eigenvalue weighted by Gasteiger charge is -2.39. The summed E-state index contributed by atoms with van der Waals surface area (Å²) in [5.41, 5.74) is 10.5. The first-order valence-corrected chi connectivity index (χ1v) is 27.8. The van der Waals surface area contributed by atoms with Crippen LogP contribution in [-0.2, 0) is 61.7 Å². The predicted octanol–water partition coefficient (Wildman–Crippen LogP) is 6.24. The first-order chi connectivity index (χ1) is 40.3. The average Bonchev–Trinajstić information content (AvgIpc) is 3.32. The highest BCUT2D eigenvalue weighted by Gasteiger charge is 2.45. The molecule has 1 unspecified atom stereocenters. The Kier molecular flexibility index (Phi) is 20.3. The minimum absolute atomic E-state index is 0.00361. The van der Waals surface area contributed by atoms with E-state index in [9.17, 15) is 38.7 Å². The molecule has 84 heavy (non-hydrogen) atoms. The average molecular weight is 1150 g/mol. The normalized spacial score (nSPS) is 15.2. The maximum atomic E-state index is 14.6. The quantitative estimate of drug-likeness (QED) is 0.0297. The fourth-order valence-electron chi connectivity index (χ4n) is 10.1. The van der Waals surface area contributed by atoms with Crippen LogP contribution < -0.4 is 40.8 Å². The molecule has 4 atom stereocenters. The number of hydrogen-bond acceptors (Lipinski definition) is 16. The molecule has 2 aromatic heterocycles. The van der Waals surface area contributed by atoms with Crippen LogP contribution in [0.1, 0.15) is 95.4 Å². The van der Waals surface area contributed by atoms with E-state index in [1.807, 2.05) is 50.2 Å². The van der Waals surface area contributed by atoms with Crippen LogP contribution in [0.2, 0.25) is 0 Å². The van der Waals surface area contributed by atoms with Crippen molar-refractivity contribution in [2.24, 2.45) is 24.6 Å². The van der Waals surface area contributed by atoms with Crippen molar-refractivity contribution in [2.45, 2.75) is 97.7 Å². The highest BCUT2D eigenvalue weighted by Crippen LogP contribution is 2.42. The summed E-state index contributed by atoms with van der Waals surface area (Å²) in [6.07, 6.45) is 1.22. The van der Waals surface area contributed by atoms with Crippen LogP contribution in [0.3, 0.4) is 0 Å². The van der Waals surface area contributed by atoms with Gasteiger partial charge in [0.05, 0.1) is 68.8 Å². The van der Waals surface area contributed by atoms with Crippen molar-refractivity contribution in [3.05, 3.63) is 137 Å². The van der Waals surface area contributed by atoms with Crippen molar-refractivity contribution in [2.75, 3.05) is 56.1 Å². The molecule has 0 aliphatic carbocycles. The van der Waals surface area contributed by atoms with Gasteiger partial charge in [0, 0.05) is 69.7 Å². The lowest BCUT2D eigenvalue weighted by molar-refractivity contribution is -0.131. The fraction of sp³-hybridized carbons (Fsp3) is 0.393. The third-order valence-electron chi connectivity index (χ3n) is 14.6. The fourth-order valence-corrected chi connectivity index (χ4v) is 10.1. The first-order valence-electron chi connectivity index (χ1n) is 27.8. The van der Waals surface area contributed by atoms with Crippen molar-refractivity contribution in [3.63, 3.8) is 0 Å². The Balaban J connectivity index is 0.898. The van der Waals surface area contributed by atoms with Crippen molar-refractivity contribution in [3.8, 4) is 22.9 Å². The van der Waals surface area contributed by atoms with E-state index in [0.29, 0.717) is 53.0 Å². The maximum Gasteiger partial charge on any atom is 0.416 e. The van der Waals surface area contributed by atoms with E-state index in [1.54, 1.807) is 86.2 Å². The van der Waals surface area contributed by atoms with Gasteiger partial charge in [-0.05, 0) is 84.3 Å². The van der Waals surface area contributed by atoms with E-state index in [2.05, 4.69) is 26.0 Å². The van der Waals surface area contributed by atoms with Gasteiger partial charge >= 0.3 is 6.09 Å². The van der Waals surface area contributed by atoms with Gasteiger partial charge in [-0.15, -0.1) is 0 Å². The van der Waals surface area contributed by atoms with Crippen molar-refractivity contribution in [1.29, 1.82) is 0 Å². The minimum Gasteiger partial charge on any atom is -0.494 e. The number of carbonyl (C=O) groups excluding carboxylic acids is 7. The number of anilines is 3. The predicted molar refractivity (Wildman–Crippen MR) is 310 cm³/mol. The number of nitrogens with one attached hydrogen (secondary N) is 3. The number of nitrogens with zero attached hydrogens (tertiary/aromatic N) is 6. The molecule has 0 fully saturated rings. The highest BCUT2D eigenvalue weighted by atomic mass is 16.6. The number of benzene rings is 4. The minimum atomic E-state index is -1.58. The second-order valence-electron chi connectivity index (χ2n) is 21.1. The van der Waals surface area contributed by atoms with Gasteiger partial charge in [0.2, 0.25) is 17.7 Å². The summed E-state index contributed by atoms with van der Waals surface area (Å²) in [7, 11) is 4.67. The lowest BCUT2D eigenvalue weighted by atomic mass is 9.92. The zero-order chi connectivity index (χ0) is 60.2. The number of Topliss-reactive ketones (excluding diaryl/α,β-unsaturated/α-hetero) is 2. The molecule has 5 amide bonds. The van der Waals surface area contributed by atoms with Gasteiger partial charge in [0.15, 0.2) is 29.3 Å². The van der Waals surface area contributed by atoms with Crippen molar-refractivity contribution in [1.82, 2.24) is 29.5 Å². The third-order valence-corrected chi connectivity index (χ3v) is 14.6. The van der Waals surface area contributed by atoms with Crippen molar-refractivity contribution < 1.29 is 62.4 Å². The topological polar surface area (TPSA) is 290 Å².